The highest BCUT2D eigenvalue weighted by atomic mass is 32.2. The topological polar surface area (TPSA) is 54.4 Å². The molecule has 0 heterocycles. The summed E-state index contributed by atoms with van der Waals surface area (Å²) in [6, 6.07) is 14.3. The van der Waals surface area contributed by atoms with Crippen LogP contribution in [0.15, 0.2) is 53.4 Å². The lowest BCUT2D eigenvalue weighted by Gasteiger charge is -2.23. The average Bonchev–Trinajstić information content (AvgIpc) is 2.77. The van der Waals surface area contributed by atoms with Crippen molar-refractivity contribution in [2.75, 3.05) is 5.75 Å². The molecule has 0 bridgehead atoms. The van der Waals surface area contributed by atoms with Crippen LogP contribution in [0.25, 0.3) is 0 Å². The summed E-state index contributed by atoms with van der Waals surface area (Å²) in [5.74, 6) is -0.264. The minimum atomic E-state index is -3.51. The Kier molecular flexibility index (Phi) is 3.38. The Bertz CT molecular complexity index is 763. The van der Waals surface area contributed by atoms with Crippen LogP contribution in [-0.4, -0.2) is 19.3 Å². The fraction of sp³-hybridized carbons (Fsp3) is 0.294. The fourth-order valence-electron chi connectivity index (χ4n) is 2.96. The summed E-state index contributed by atoms with van der Waals surface area (Å²) in [5, 5.41) is 10.8. The smallest absolute Gasteiger partial charge is 0.181 e. The number of hydrogen-bond donors (Lipinski definition) is 1. The minimum Gasteiger partial charge on any atom is -0.384 e. The Balaban J connectivity index is 1.95. The van der Waals surface area contributed by atoms with E-state index in [0.717, 1.165) is 23.1 Å². The van der Waals surface area contributed by atoms with Gasteiger partial charge in [0, 0.05) is 0 Å². The Morgan fingerprint density at radius 3 is 2.48 bits per heavy atom. The van der Waals surface area contributed by atoms with Crippen molar-refractivity contribution in [3.8, 4) is 0 Å². The van der Waals surface area contributed by atoms with E-state index in [0.29, 0.717) is 6.42 Å². The zero-order valence-corrected chi connectivity index (χ0v) is 12.7. The van der Waals surface area contributed by atoms with Crippen LogP contribution in [0.1, 0.15) is 23.1 Å². The Morgan fingerprint density at radius 2 is 1.76 bits per heavy atom. The van der Waals surface area contributed by atoms with E-state index >= 15 is 0 Å². The lowest BCUT2D eigenvalue weighted by Crippen LogP contribution is -2.32. The van der Waals surface area contributed by atoms with Crippen molar-refractivity contribution in [2.45, 2.75) is 30.3 Å². The normalized spacial score (nSPS) is 21.2. The van der Waals surface area contributed by atoms with E-state index in [1.54, 1.807) is 24.3 Å². The van der Waals surface area contributed by atoms with Gasteiger partial charge in [0.1, 0.15) is 5.60 Å². The van der Waals surface area contributed by atoms with Gasteiger partial charge in [-0.1, -0.05) is 42.0 Å². The third-order valence-corrected chi connectivity index (χ3v) is 5.98. The largest absolute Gasteiger partial charge is 0.384 e. The van der Waals surface area contributed by atoms with Gasteiger partial charge in [-0.05, 0) is 43.0 Å². The molecule has 1 atom stereocenters. The summed E-state index contributed by atoms with van der Waals surface area (Å²) in [4.78, 5) is 0.269. The first-order valence-corrected chi connectivity index (χ1v) is 8.66. The van der Waals surface area contributed by atoms with E-state index in [1.807, 2.05) is 31.2 Å². The van der Waals surface area contributed by atoms with E-state index in [-0.39, 0.29) is 10.6 Å². The van der Waals surface area contributed by atoms with Crippen LogP contribution in [0.3, 0.4) is 0 Å². The van der Waals surface area contributed by atoms with Crippen molar-refractivity contribution < 1.29 is 13.5 Å². The third-order valence-electron chi connectivity index (χ3n) is 4.14. The van der Waals surface area contributed by atoms with Gasteiger partial charge in [-0.15, -0.1) is 0 Å². The molecular formula is C17H18O3S. The first-order chi connectivity index (χ1) is 9.91. The van der Waals surface area contributed by atoms with Crippen molar-refractivity contribution >= 4 is 9.84 Å². The van der Waals surface area contributed by atoms with Crippen LogP contribution in [0.4, 0.5) is 0 Å². The van der Waals surface area contributed by atoms with Gasteiger partial charge in [0.25, 0.3) is 0 Å². The van der Waals surface area contributed by atoms with Gasteiger partial charge >= 0.3 is 0 Å². The SMILES string of the molecule is Cc1ccc(S(=O)(=O)CC2(O)CCc3ccccc32)cc1. The molecule has 3 nitrogen and oxygen atoms in total. The van der Waals surface area contributed by atoms with Crippen LogP contribution < -0.4 is 0 Å². The molecule has 0 saturated heterocycles. The highest BCUT2D eigenvalue weighted by Crippen LogP contribution is 2.38. The molecule has 1 aliphatic rings. The van der Waals surface area contributed by atoms with Crippen LogP contribution >= 0.6 is 0 Å². The lowest BCUT2D eigenvalue weighted by molar-refractivity contribution is 0.0629. The number of hydrogen-bond acceptors (Lipinski definition) is 3. The second-order valence-electron chi connectivity index (χ2n) is 5.76. The maximum atomic E-state index is 12.6. The predicted molar refractivity (Wildman–Crippen MR) is 81.9 cm³/mol. The molecule has 1 aliphatic carbocycles. The quantitative estimate of drug-likeness (QED) is 0.948. The standard InChI is InChI=1S/C17H18O3S/c1-13-6-8-15(9-7-13)21(19,20)12-17(18)11-10-14-4-2-3-5-16(14)17/h2-9,18H,10-12H2,1H3. The molecule has 0 fully saturated rings. The third kappa shape index (κ3) is 2.61. The zero-order valence-electron chi connectivity index (χ0n) is 11.9. The number of aliphatic hydroxyl groups is 1. The van der Waals surface area contributed by atoms with Gasteiger partial charge in [0.2, 0.25) is 0 Å². The molecule has 1 unspecified atom stereocenters. The second-order valence-corrected chi connectivity index (χ2v) is 7.75. The first-order valence-electron chi connectivity index (χ1n) is 7.01. The van der Waals surface area contributed by atoms with Crippen LogP contribution in [-0.2, 0) is 21.9 Å². The number of aryl methyl sites for hydroxylation is 2. The second kappa shape index (κ2) is 4.97. The molecule has 0 amide bonds. The fourth-order valence-corrected chi connectivity index (χ4v) is 4.61. The summed E-state index contributed by atoms with van der Waals surface area (Å²) in [6.07, 6.45) is 1.17. The van der Waals surface area contributed by atoms with E-state index in [4.69, 9.17) is 0 Å². The number of rotatable bonds is 3. The molecule has 0 aromatic heterocycles. The molecule has 2 aromatic carbocycles. The van der Waals surface area contributed by atoms with Crippen LogP contribution in [0.2, 0.25) is 0 Å². The average molecular weight is 302 g/mol. The molecule has 2 aromatic rings. The van der Waals surface area contributed by atoms with Crippen molar-refractivity contribution in [1.82, 2.24) is 0 Å². The van der Waals surface area contributed by atoms with Crippen molar-refractivity contribution in [1.29, 1.82) is 0 Å². The number of fused-ring (bicyclic) bond motifs is 1. The Hall–Kier alpha value is -1.65. The van der Waals surface area contributed by atoms with Crippen LogP contribution in [0.5, 0.6) is 0 Å². The molecule has 0 saturated carbocycles. The summed E-state index contributed by atoms with van der Waals surface area (Å²) >= 11 is 0. The van der Waals surface area contributed by atoms with Crippen molar-refractivity contribution in [2.24, 2.45) is 0 Å². The molecule has 0 radical (unpaired) electrons. The first kappa shape index (κ1) is 14.3. The van der Waals surface area contributed by atoms with Crippen LogP contribution in [0, 0.1) is 6.92 Å². The monoisotopic (exact) mass is 302 g/mol. The van der Waals surface area contributed by atoms with Gasteiger partial charge < -0.3 is 5.11 Å². The minimum absolute atomic E-state index is 0.264. The molecule has 3 rings (SSSR count). The summed E-state index contributed by atoms with van der Waals surface area (Å²) in [5.41, 5.74) is 1.53. The molecule has 21 heavy (non-hydrogen) atoms. The molecular weight excluding hydrogens is 284 g/mol. The van der Waals surface area contributed by atoms with Gasteiger partial charge in [0.05, 0.1) is 10.6 Å². The van der Waals surface area contributed by atoms with E-state index in [1.165, 1.54) is 0 Å². The van der Waals surface area contributed by atoms with E-state index in [9.17, 15) is 13.5 Å². The zero-order chi connectivity index (χ0) is 15.1. The molecule has 0 spiro atoms. The maximum Gasteiger partial charge on any atom is 0.181 e. The summed E-state index contributed by atoms with van der Waals surface area (Å²) in [6.45, 7) is 1.91. The summed E-state index contributed by atoms with van der Waals surface area (Å²) in [7, 11) is -3.51. The molecule has 110 valence electrons. The molecule has 0 aliphatic heterocycles. The Labute approximate surface area is 125 Å². The Morgan fingerprint density at radius 1 is 1.10 bits per heavy atom. The summed E-state index contributed by atoms with van der Waals surface area (Å²) < 4.78 is 25.1. The van der Waals surface area contributed by atoms with Gasteiger partial charge in [-0.25, -0.2) is 8.42 Å². The van der Waals surface area contributed by atoms with Gasteiger partial charge in [-0.2, -0.15) is 0 Å². The molecule has 1 N–H and O–H groups in total. The maximum absolute atomic E-state index is 12.6. The number of benzene rings is 2. The van der Waals surface area contributed by atoms with E-state index in [2.05, 4.69) is 0 Å². The van der Waals surface area contributed by atoms with Crippen molar-refractivity contribution in [3.05, 3.63) is 65.2 Å². The predicted octanol–water partition coefficient (Wildman–Crippen LogP) is 2.60. The van der Waals surface area contributed by atoms with Crippen molar-refractivity contribution in [3.63, 3.8) is 0 Å². The highest BCUT2D eigenvalue weighted by molar-refractivity contribution is 7.91. The number of sulfone groups is 1. The molecule has 4 heteroatoms. The van der Waals surface area contributed by atoms with Gasteiger partial charge in [0.15, 0.2) is 9.84 Å². The van der Waals surface area contributed by atoms with E-state index < -0.39 is 15.4 Å². The van der Waals surface area contributed by atoms with Gasteiger partial charge in [-0.3, -0.25) is 0 Å². The lowest BCUT2D eigenvalue weighted by atomic mass is 9.98. The highest BCUT2D eigenvalue weighted by Gasteiger charge is 2.40.